The van der Waals surface area contributed by atoms with E-state index in [4.69, 9.17) is 9.47 Å². The molecule has 0 unspecified atom stereocenters. The number of nitrogens with zero attached hydrogens (tertiary/aromatic N) is 2. The Morgan fingerprint density at radius 1 is 1.09 bits per heavy atom. The van der Waals surface area contributed by atoms with Gasteiger partial charge in [0, 0.05) is 36.4 Å². The third-order valence-electron chi connectivity index (χ3n) is 4.41. The molecule has 2 aromatic carbocycles. The smallest absolute Gasteiger partial charge is 0.421 e. The van der Waals surface area contributed by atoms with Crippen LogP contribution in [0, 0.1) is 5.82 Å². The Morgan fingerprint density at radius 3 is 2.51 bits per heavy atom. The number of hydrogen-bond acceptors (Lipinski definition) is 7. The first-order valence-electron chi connectivity index (χ1n) is 10.1. The summed E-state index contributed by atoms with van der Waals surface area (Å²) in [4.78, 5) is 19.1. The predicted molar refractivity (Wildman–Crippen MR) is 123 cm³/mol. The first-order valence-corrected chi connectivity index (χ1v) is 10.1. The summed E-state index contributed by atoms with van der Waals surface area (Å²) in [6, 6.07) is 9.94. The van der Waals surface area contributed by atoms with E-state index in [9.17, 15) is 22.4 Å². The molecule has 0 bridgehead atoms. The van der Waals surface area contributed by atoms with Crippen molar-refractivity contribution in [1.29, 1.82) is 0 Å². The molecule has 0 saturated heterocycles. The van der Waals surface area contributed by atoms with Crippen LogP contribution < -0.4 is 20.7 Å². The molecule has 0 radical (unpaired) electrons. The fourth-order valence-corrected chi connectivity index (χ4v) is 2.81. The summed E-state index contributed by atoms with van der Waals surface area (Å²) in [5.74, 6) is -1.92. The number of alkyl halides is 3. The Bertz CT molecular complexity index is 1200. The molecule has 0 fully saturated rings. The minimum absolute atomic E-state index is 0.00767. The molecule has 1 aromatic heterocycles. The van der Waals surface area contributed by atoms with E-state index < -0.39 is 29.3 Å². The SMILES string of the molecule is C=CC(=O)Nc1cccc(Nc2nc(Nc3ccc(OCCOC)c(F)c3)ncc2C(F)(F)F)c1. The lowest BCUT2D eigenvalue weighted by atomic mass is 10.2. The van der Waals surface area contributed by atoms with E-state index >= 15 is 0 Å². The summed E-state index contributed by atoms with van der Waals surface area (Å²) in [7, 11) is 1.48. The number of carbonyl (C=O) groups excluding carboxylic acids is 1. The van der Waals surface area contributed by atoms with Crippen molar-refractivity contribution in [2.24, 2.45) is 0 Å². The third-order valence-corrected chi connectivity index (χ3v) is 4.41. The lowest BCUT2D eigenvalue weighted by molar-refractivity contribution is -0.137. The second-order valence-electron chi connectivity index (χ2n) is 6.96. The number of aromatic nitrogens is 2. The van der Waals surface area contributed by atoms with Gasteiger partial charge >= 0.3 is 6.18 Å². The highest BCUT2D eigenvalue weighted by Gasteiger charge is 2.35. The fraction of sp³-hybridized carbons (Fsp3) is 0.174. The summed E-state index contributed by atoms with van der Waals surface area (Å²) in [6.45, 7) is 3.77. The van der Waals surface area contributed by atoms with E-state index in [0.717, 1.165) is 12.1 Å². The number of ether oxygens (including phenoxy) is 2. The molecule has 1 heterocycles. The fourth-order valence-electron chi connectivity index (χ4n) is 2.81. The van der Waals surface area contributed by atoms with Crippen molar-refractivity contribution in [2.75, 3.05) is 36.3 Å². The van der Waals surface area contributed by atoms with Crippen molar-refractivity contribution >= 4 is 34.7 Å². The first-order chi connectivity index (χ1) is 16.7. The highest BCUT2D eigenvalue weighted by atomic mass is 19.4. The average Bonchev–Trinajstić information content (AvgIpc) is 2.80. The van der Waals surface area contributed by atoms with E-state index in [-0.39, 0.29) is 36.3 Å². The summed E-state index contributed by atoms with van der Waals surface area (Å²) in [6.07, 6.45) is -3.08. The minimum atomic E-state index is -4.75. The van der Waals surface area contributed by atoms with Gasteiger partial charge in [0.25, 0.3) is 0 Å². The van der Waals surface area contributed by atoms with Gasteiger partial charge in [-0.15, -0.1) is 0 Å². The monoisotopic (exact) mass is 491 g/mol. The van der Waals surface area contributed by atoms with Gasteiger partial charge in [-0.3, -0.25) is 4.79 Å². The van der Waals surface area contributed by atoms with Crippen molar-refractivity contribution < 1.29 is 31.8 Å². The molecule has 0 aliphatic carbocycles. The highest BCUT2D eigenvalue weighted by molar-refractivity contribution is 5.99. The summed E-state index contributed by atoms with van der Waals surface area (Å²) in [5, 5.41) is 7.78. The van der Waals surface area contributed by atoms with Crippen molar-refractivity contribution in [2.45, 2.75) is 6.18 Å². The average molecular weight is 491 g/mol. The normalized spacial score (nSPS) is 11.0. The molecular formula is C23H21F4N5O3. The largest absolute Gasteiger partial charge is 0.488 e. The van der Waals surface area contributed by atoms with E-state index in [1.807, 2.05) is 0 Å². The maximum atomic E-state index is 14.3. The summed E-state index contributed by atoms with van der Waals surface area (Å²) in [5.41, 5.74) is -0.354. The zero-order chi connectivity index (χ0) is 25.4. The number of benzene rings is 2. The molecule has 0 aliphatic heterocycles. The first kappa shape index (κ1) is 25.4. The highest BCUT2D eigenvalue weighted by Crippen LogP contribution is 2.35. The minimum Gasteiger partial charge on any atom is -0.488 e. The van der Waals surface area contributed by atoms with Gasteiger partial charge in [-0.2, -0.15) is 18.2 Å². The number of anilines is 5. The van der Waals surface area contributed by atoms with Crippen molar-refractivity contribution in [3.8, 4) is 5.75 Å². The van der Waals surface area contributed by atoms with Crippen LogP contribution >= 0.6 is 0 Å². The van der Waals surface area contributed by atoms with Crippen LogP contribution in [0.15, 0.2) is 61.3 Å². The van der Waals surface area contributed by atoms with E-state index in [2.05, 4.69) is 32.5 Å². The molecule has 0 saturated carbocycles. The van der Waals surface area contributed by atoms with E-state index in [1.165, 1.54) is 37.4 Å². The van der Waals surface area contributed by atoms with Gasteiger partial charge in [0.05, 0.1) is 6.61 Å². The van der Waals surface area contributed by atoms with Crippen LogP contribution in [-0.2, 0) is 15.7 Å². The molecule has 184 valence electrons. The number of nitrogens with one attached hydrogen (secondary N) is 3. The van der Waals surface area contributed by atoms with Gasteiger partial charge in [-0.05, 0) is 36.4 Å². The lowest BCUT2D eigenvalue weighted by Gasteiger charge is -2.15. The van der Waals surface area contributed by atoms with E-state index in [1.54, 1.807) is 6.07 Å². The second-order valence-corrected chi connectivity index (χ2v) is 6.96. The molecule has 3 rings (SSSR count). The maximum Gasteiger partial charge on any atom is 0.421 e. The molecular weight excluding hydrogens is 470 g/mol. The molecule has 0 spiro atoms. The third kappa shape index (κ3) is 7.14. The molecule has 8 nitrogen and oxygen atoms in total. The lowest BCUT2D eigenvalue weighted by Crippen LogP contribution is -2.13. The van der Waals surface area contributed by atoms with Crippen LogP contribution in [0.5, 0.6) is 5.75 Å². The van der Waals surface area contributed by atoms with Crippen LogP contribution in [0.25, 0.3) is 0 Å². The Labute approximate surface area is 198 Å². The Balaban J connectivity index is 1.84. The Morgan fingerprint density at radius 2 is 1.83 bits per heavy atom. The zero-order valence-electron chi connectivity index (χ0n) is 18.4. The summed E-state index contributed by atoms with van der Waals surface area (Å²) < 4.78 is 65.0. The maximum absolute atomic E-state index is 14.3. The number of rotatable bonds is 10. The van der Waals surface area contributed by atoms with Crippen LogP contribution in [0.1, 0.15) is 5.56 Å². The number of halogens is 4. The van der Waals surface area contributed by atoms with Crippen molar-refractivity contribution in [1.82, 2.24) is 9.97 Å². The Hall–Kier alpha value is -4.19. The molecule has 3 aromatic rings. The van der Waals surface area contributed by atoms with E-state index in [0.29, 0.717) is 11.9 Å². The molecule has 3 N–H and O–H groups in total. The topological polar surface area (TPSA) is 97.4 Å². The van der Waals surface area contributed by atoms with Crippen LogP contribution in [0.2, 0.25) is 0 Å². The second kappa shape index (κ2) is 11.3. The molecule has 12 heteroatoms. The predicted octanol–water partition coefficient (Wildman–Crippen LogP) is 5.27. The van der Waals surface area contributed by atoms with Crippen molar-refractivity contribution in [3.63, 3.8) is 0 Å². The zero-order valence-corrected chi connectivity index (χ0v) is 18.4. The van der Waals surface area contributed by atoms with Gasteiger partial charge in [0.15, 0.2) is 11.6 Å². The van der Waals surface area contributed by atoms with Gasteiger partial charge < -0.3 is 25.4 Å². The molecule has 0 aliphatic rings. The molecule has 1 amide bonds. The Kier molecular flexibility index (Phi) is 8.21. The van der Waals surface area contributed by atoms with Crippen molar-refractivity contribution in [3.05, 3.63) is 72.7 Å². The van der Waals surface area contributed by atoms with Gasteiger partial charge in [-0.1, -0.05) is 12.6 Å². The molecule has 0 atom stereocenters. The number of amides is 1. The van der Waals surface area contributed by atoms with Crippen LogP contribution in [0.4, 0.5) is 46.4 Å². The molecule has 35 heavy (non-hydrogen) atoms. The standard InChI is InChI=1S/C23H21F4N5O3/c1-3-20(33)29-14-5-4-6-15(11-14)30-21-17(23(25,26)27)13-28-22(32-21)31-16-7-8-19(18(24)12-16)35-10-9-34-2/h3-8,11-13H,1,9-10H2,2H3,(H,29,33)(H2,28,30,31,32). The van der Waals surface area contributed by atoms with Crippen LogP contribution in [0.3, 0.4) is 0 Å². The van der Waals surface area contributed by atoms with Gasteiger partial charge in [0.1, 0.15) is 18.0 Å². The van der Waals surface area contributed by atoms with Crippen LogP contribution in [-0.4, -0.2) is 36.2 Å². The van der Waals surface area contributed by atoms with Gasteiger partial charge in [0.2, 0.25) is 11.9 Å². The number of carbonyl (C=O) groups is 1. The quantitative estimate of drug-likeness (QED) is 0.202. The number of methoxy groups -OCH3 is 1. The summed E-state index contributed by atoms with van der Waals surface area (Å²) >= 11 is 0. The number of hydrogen-bond donors (Lipinski definition) is 3. The van der Waals surface area contributed by atoms with Gasteiger partial charge in [-0.25, -0.2) is 9.37 Å².